The van der Waals surface area contributed by atoms with E-state index in [-0.39, 0.29) is 16.4 Å². The summed E-state index contributed by atoms with van der Waals surface area (Å²) in [7, 11) is 2.90. The van der Waals surface area contributed by atoms with Crippen LogP contribution in [-0.4, -0.2) is 36.1 Å². The largest absolute Gasteiger partial charge is 0.465 e. The Morgan fingerprint density at radius 3 is 2.64 bits per heavy atom. The normalized spacial score (nSPS) is 9.91. The van der Waals surface area contributed by atoms with Crippen molar-refractivity contribution in [3.63, 3.8) is 0 Å². The first kappa shape index (κ1) is 15.6. The number of hydrogen-bond donors (Lipinski definition) is 3. The Morgan fingerprint density at radius 1 is 1.23 bits per heavy atom. The highest BCUT2D eigenvalue weighted by atomic mass is 32.1. The van der Waals surface area contributed by atoms with Crippen LogP contribution >= 0.6 is 12.2 Å². The number of ether oxygens (including phenoxy) is 1. The summed E-state index contributed by atoms with van der Waals surface area (Å²) in [6, 6.07) is 8.39. The molecule has 1 aromatic carbocycles. The molecule has 0 radical (unpaired) electrons. The van der Waals surface area contributed by atoms with Crippen molar-refractivity contribution in [2.24, 2.45) is 0 Å². The van der Waals surface area contributed by atoms with Crippen LogP contribution in [0.25, 0.3) is 10.9 Å². The van der Waals surface area contributed by atoms with Crippen LogP contribution in [0.5, 0.6) is 0 Å². The van der Waals surface area contributed by atoms with Crippen LogP contribution in [-0.2, 0) is 4.74 Å². The number of thiocarbonyl (C=S) groups is 1. The fourth-order valence-corrected chi connectivity index (χ4v) is 1.86. The van der Waals surface area contributed by atoms with Crippen molar-refractivity contribution < 1.29 is 14.3 Å². The molecule has 0 fully saturated rings. The number of hydrazine groups is 1. The molecule has 0 atom stereocenters. The molecule has 0 bridgehead atoms. The molecule has 2 aromatic rings. The molecule has 0 aliphatic heterocycles. The van der Waals surface area contributed by atoms with Gasteiger partial charge in [0.25, 0.3) is 5.91 Å². The lowest BCUT2D eigenvalue weighted by Gasteiger charge is -2.10. The number of methoxy groups -OCH3 is 1. The lowest BCUT2D eigenvalue weighted by atomic mass is 10.1. The third-order valence-corrected chi connectivity index (χ3v) is 3.18. The van der Waals surface area contributed by atoms with Crippen LogP contribution in [0.3, 0.4) is 0 Å². The molecule has 22 heavy (non-hydrogen) atoms. The molecule has 1 amide bonds. The molecule has 0 saturated carbocycles. The topological polar surface area (TPSA) is 92.3 Å². The Morgan fingerprint density at radius 2 is 1.95 bits per heavy atom. The Kier molecular flexibility index (Phi) is 4.84. The zero-order valence-corrected chi connectivity index (χ0v) is 12.8. The first-order valence-corrected chi connectivity index (χ1v) is 6.73. The molecule has 8 heteroatoms. The number of carbonyl (C=O) groups excluding carboxylic acids is 2. The van der Waals surface area contributed by atoms with Crippen molar-refractivity contribution in [1.29, 1.82) is 0 Å². The van der Waals surface area contributed by atoms with Gasteiger partial charge in [-0.05, 0) is 24.4 Å². The zero-order chi connectivity index (χ0) is 16.1. The highest BCUT2D eigenvalue weighted by Crippen LogP contribution is 2.19. The second-order valence-corrected chi connectivity index (χ2v) is 4.63. The predicted molar refractivity (Wildman–Crippen MR) is 85.3 cm³/mol. The lowest BCUT2D eigenvalue weighted by Crippen LogP contribution is -2.45. The number of carbonyl (C=O) groups is 2. The van der Waals surface area contributed by atoms with Gasteiger partial charge in [-0.25, -0.2) is 9.78 Å². The number of nitrogens with zero attached hydrogens (tertiary/aromatic N) is 1. The maximum absolute atomic E-state index is 12.1. The van der Waals surface area contributed by atoms with Crippen LogP contribution in [0, 0.1) is 0 Å². The van der Waals surface area contributed by atoms with E-state index in [4.69, 9.17) is 17.0 Å². The Balaban J connectivity index is 2.40. The summed E-state index contributed by atoms with van der Waals surface area (Å²) >= 11 is 4.86. The van der Waals surface area contributed by atoms with Gasteiger partial charge < -0.3 is 10.1 Å². The summed E-state index contributed by atoms with van der Waals surface area (Å²) in [5, 5.41) is 3.52. The second kappa shape index (κ2) is 6.81. The van der Waals surface area contributed by atoms with Gasteiger partial charge in [-0.3, -0.25) is 15.6 Å². The Bertz CT molecular complexity index is 748. The standard InChI is InChI=1S/C14H14N4O3S/c1-15-14(22)18-17-12(19)11-7-9(13(20)21-2)8-5-3-4-6-10(8)16-11/h3-7H,1-2H3,(H,17,19)(H2,15,18,22). The number of aromatic nitrogens is 1. The predicted octanol–water partition coefficient (Wildman–Crippen LogP) is 0.760. The molecular formula is C14H14N4O3S. The van der Waals surface area contributed by atoms with E-state index in [0.29, 0.717) is 10.9 Å². The van der Waals surface area contributed by atoms with Gasteiger partial charge >= 0.3 is 5.97 Å². The Hall–Kier alpha value is -2.74. The molecule has 0 aliphatic carbocycles. The van der Waals surface area contributed by atoms with Crippen molar-refractivity contribution in [1.82, 2.24) is 21.2 Å². The molecule has 7 nitrogen and oxygen atoms in total. The van der Waals surface area contributed by atoms with Gasteiger partial charge in [0.15, 0.2) is 5.11 Å². The lowest BCUT2D eigenvalue weighted by molar-refractivity contribution is 0.0603. The molecule has 1 heterocycles. The molecule has 0 spiro atoms. The van der Waals surface area contributed by atoms with Gasteiger partial charge in [0.2, 0.25) is 0 Å². The monoisotopic (exact) mass is 318 g/mol. The van der Waals surface area contributed by atoms with Gasteiger partial charge in [-0.15, -0.1) is 0 Å². The fourth-order valence-electron chi connectivity index (χ4n) is 1.81. The van der Waals surface area contributed by atoms with E-state index in [1.54, 1.807) is 31.3 Å². The molecule has 2 rings (SSSR count). The van der Waals surface area contributed by atoms with E-state index < -0.39 is 11.9 Å². The maximum atomic E-state index is 12.1. The average Bonchev–Trinajstić information content (AvgIpc) is 2.57. The van der Waals surface area contributed by atoms with Gasteiger partial charge in [0, 0.05) is 12.4 Å². The number of nitrogens with one attached hydrogen (secondary N) is 3. The second-order valence-electron chi connectivity index (χ2n) is 4.22. The van der Waals surface area contributed by atoms with Crippen LogP contribution in [0.4, 0.5) is 0 Å². The molecule has 3 N–H and O–H groups in total. The van der Waals surface area contributed by atoms with Crippen molar-refractivity contribution in [3.05, 3.63) is 41.6 Å². The van der Waals surface area contributed by atoms with Crippen molar-refractivity contribution in [3.8, 4) is 0 Å². The van der Waals surface area contributed by atoms with Crippen LogP contribution < -0.4 is 16.2 Å². The number of para-hydroxylation sites is 1. The zero-order valence-electron chi connectivity index (χ0n) is 12.0. The third-order valence-electron chi connectivity index (χ3n) is 2.87. The highest BCUT2D eigenvalue weighted by molar-refractivity contribution is 7.80. The molecule has 0 aliphatic rings. The smallest absolute Gasteiger partial charge is 0.338 e. The van der Waals surface area contributed by atoms with E-state index in [1.807, 2.05) is 0 Å². The summed E-state index contributed by atoms with van der Waals surface area (Å²) in [6.07, 6.45) is 0. The highest BCUT2D eigenvalue weighted by Gasteiger charge is 2.16. The molecule has 0 saturated heterocycles. The number of esters is 1. The van der Waals surface area contributed by atoms with E-state index in [0.717, 1.165) is 0 Å². The van der Waals surface area contributed by atoms with E-state index >= 15 is 0 Å². The fraction of sp³-hybridized carbons (Fsp3) is 0.143. The van der Waals surface area contributed by atoms with Crippen LogP contribution in [0.1, 0.15) is 20.8 Å². The minimum atomic E-state index is -0.536. The van der Waals surface area contributed by atoms with Crippen molar-refractivity contribution in [2.75, 3.05) is 14.2 Å². The number of fused-ring (bicyclic) bond motifs is 1. The van der Waals surface area contributed by atoms with E-state index in [1.165, 1.54) is 13.2 Å². The SMILES string of the molecule is CNC(=S)NNC(=O)c1cc(C(=O)OC)c2ccccc2n1. The average molecular weight is 318 g/mol. The van der Waals surface area contributed by atoms with Crippen molar-refractivity contribution >= 4 is 40.1 Å². The number of benzene rings is 1. The van der Waals surface area contributed by atoms with Gasteiger partial charge in [-0.1, -0.05) is 18.2 Å². The number of rotatable bonds is 2. The minimum Gasteiger partial charge on any atom is -0.465 e. The minimum absolute atomic E-state index is 0.0745. The van der Waals surface area contributed by atoms with E-state index in [2.05, 4.69) is 21.2 Å². The van der Waals surface area contributed by atoms with Crippen LogP contribution in [0.15, 0.2) is 30.3 Å². The first-order chi connectivity index (χ1) is 10.6. The van der Waals surface area contributed by atoms with Crippen LogP contribution in [0.2, 0.25) is 0 Å². The third kappa shape index (κ3) is 3.29. The number of amides is 1. The summed E-state index contributed by atoms with van der Waals surface area (Å²) in [6.45, 7) is 0. The molecule has 0 unspecified atom stereocenters. The summed E-state index contributed by atoms with van der Waals surface area (Å²) in [5.74, 6) is -1.06. The maximum Gasteiger partial charge on any atom is 0.338 e. The van der Waals surface area contributed by atoms with Gasteiger partial charge in [0.05, 0.1) is 18.2 Å². The molecule has 1 aromatic heterocycles. The van der Waals surface area contributed by atoms with Gasteiger partial charge in [-0.2, -0.15) is 0 Å². The number of pyridine rings is 1. The summed E-state index contributed by atoms with van der Waals surface area (Å²) < 4.78 is 4.75. The van der Waals surface area contributed by atoms with Crippen molar-refractivity contribution in [2.45, 2.75) is 0 Å². The van der Waals surface area contributed by atoms with E-state index in [9.17, 15) is 9.59 Å². The summed E-state index contributed by atoms with van der Waals surface area (Å²) in [4.78, 5) is 28.2. The molecule has 114 valence electrons. The summed E-state index contributed by atoms with van der Waals surface area (Å²) in [5.41, 5.74) is 5.76. The van der Waals surface area contributed by atoms with Gasteiger partial charge in [0.1, 0.15) is 5.69 Å². The Labute approximate surface area is 132 Å². The first-order valence-electron chi connectivity index (χ1n) is 6.33. The number of hydrogen-bond acceptors (Lipinski definition) is 5. The molecular weight excluding hydrogens is 304 g/mol. The quantitative estimate of drug-likeness (QED) is 0.428.